The molecule has 0 N–H and O–H groups in total. The third-order valence-electron chi connectivity index (χ3n) is 13.0. The summed E-state index contributed by atoms with van der Waals surface area (Å²) in [5.41, 5.74) is 0. The van der Waals surface area contributed by atoms with Gasteiger partial charge < -0.3 is 69.5 Å². The maximum atomic E-state index is 11.2. The molecule has 0 unspecified atom stereocenters. The molecule has 0 rings (SSSR count). The zero-order valence-electron chi connectivity index (χ0n) is 53.8. The van der Waals surface area contributed by atoms with Crippen molar-refractivity contribution in [2.75, 3.05) is 49.4 Å². The van der Waals surface area contributed by atoms with Gasteiger partial charge in [-0.2, -0.15) is 13.5 Å². The Bertz CT molecular complexity index is 1170. The summed E-state index contributed by atoms with van der Waals surface area (Å²) in [4.78, 5) is 44.8. The van der Waals surface area contributed by atoms with Crippen LogP contribution in [0, 0.1) is 0 Å². The Labute approximate surface area is 591 Å². The number of hydrogen-bond donors (Lipinski definition) is 0. The molecule has 8 nitrogen and oxygen atoms in total. The van der Waals surface area contributed by atoms with E-state index in [0.717, 1.165) is 77.0 Å². The summed E-state index contributed by atoms with van der Waals surface area (Å²) >= 11 is 18.9. The minimum Gasteiger partial charge on any atom is -0.789 e. The Balaban J connectivity index is -0.000000127. The van der Waals surface area contributed by atoms with Crippen molar-refractivity contribution in [2.24, 2.45) is 0 Å². The van der Waals surface area contributed by atoms with Crippen molar-refractivity contribution in [1.29, 1.82) is 0 Å². The van der Waals surface area contributed by atoms with Gasteiger partial charge in [-0.15, -0.1) is 23.0 Å². The topological polar surface area (TPSA) is 105 Å². The third-order valence-corrected chi connectivity index (χ3v) is 13.6. The van der Waals surface area contributed by atoms with Crippen LogP contribution in [0.2, 0.25) is 0 Å². The Morgan fingerprint density at radius 3 is 0.541 bits per heavy atom. The van der Waals surface area contributed by atoms with Crippen LogP contribution in [0.5, 0.6) is 0 Å². The Kier molecular flexibility index (Phi) is 123. The molecule has 0 bridgehead atoms. The van der Waals surface area contributed by atoms with Gasteiger partial charge in [-0.3, -0.25) is 19.2 Å². The molecule has 0 spiro atoms. The monoisotopic (exact) mass is 1500 g/mol. The average Bonchev–Trinajstić information content (AvgIpc) is 3.46. The molecule has 4 radical (unpaired) electrons. The molecule has 15 heteroatoms. The summed E-state index contributed by atoms with van der Waals surface area (Å²) in [7, 11) is 0. The molecule has 0 aliphatic rings. The van der Waals surface area contributed by atoms with E-state index < -0.39 is 0 Å². The van der Waals surface area contributed by atoms with Gasteiger partial charge in [0.25, 0.3) is 0 Å². The molecule has 0 aliphatic heterocycles. The molecular formula is C70H134O8S5Sn2. The smallest absolute Gasteiger partial charge is 0.789 e. The van der Waals surface area contributed by atoms with Crippen molar-refractivity contribution in [2.45, 2.75) is 325 Å². The Morgan fingerprint density at radius 1 is 0.259 bits per heavy atom. The molecule has 0 saturated carbocycles. The van der Waals surface area contributed by atoms with Crippen LogP contribution in [0.25, 0.3) is 0 Å². The number of unbranched alkanes of at least 4 members (excludes halogenated alkanes) is 32. The second-order valence-corrected chi connectivity index (χ2v) is 22.4. The van der Waals surface area contributed by atoms with Crippen LogP contribution in [0.1, 0.15) is 325 Å². The zero-order valence-corrected chi connectivity index (χ0v) is 63.8. The van der Waals surface area contributed by atoms with Gasteiger partial charge in [-0.05, 0) is 128 Å². The standard InChI is InChI=1S/4C17H32O2S.2CH4.H2S.2Sn/c4*1-2-3-4-5-6-7-8-9-10-11-12-13-14-17(18)19-15-16-20;;;;;/h4*8-9,20H,2-7,10-16H2,1H3;2*1H4;1H2;;/q;;;;;;;2*+2/p-4/b4*9-8+;;;;;. The van der Waals surface area contributed by atoms with Crippen molar-refractivity contribution >= 4 is 136 Å². The third kappa shape index (κ3) is 109. The van der Waals surface area contributed by atoms with Crippen molar-refractivity contribution in [3.05, 3.63) is 48.6 Å². The minimum atomic E-state index is -0.0996. The number of rotatable bonds is 56. The SMILES string of the molecule is C.C.CCCCCCC/C=C/CCCCCC(=O)OCC[S-].CCCCCCC/C=C/CCCCCC(=O)OCC[S-].CCCCCCC/C=C/CCCCCC(=O)OCC[S-].CCCCCCC/C=C/CCCCCC(=O)OCC[S-].S.[Sn+2].[Sn+2]. The van der Waals surface area contributed by atoms with Crippen molar-refractivity contribution in [1.82, 2.24) is 0 Å². The van der Waals surface area contributed by atoms with Gasteiger partial charge >= 0.3 is 71.7 Å². The first-order chi connectivity index (χ1) is 39.2. The van der Waals surface area contributed by atoms with Crippen LogP contribution in [0.4, 0.5) is 0 Å². The predicted octanol–water partition coefficient (Wildman–Crippen LogP) is 20.4. The van der Waals surface area contributed by atoms with Crippen LogP contribution < -0.4 is 0 Å². The molecule has 0 heterocycles. The number of esters is 4. The maximum absolute atomic E-state index is 11.2. The average molecular weight is 1500 g/mol. The molecule has 500 valence electrons. The largest absolute Gasteiger partial charge is 2.00 e. The van der Waals surface area contributed by atoms with Crippen LogP contribution in [-0.4, -0.2) is 121 Å². The normalized spacial score (nSPS) is 10.4. The summed E-state index contributed by atoms with van der Waals surface area (Å²) in [6, 6.07) is 0. The fraction of sp³-hybridized carbons (Fsp3) is 0.829. The summed E-state index contributed by atoms with van der Waals surface area (Å²) in [5, 5.41) is 0. The molecule has 0 aromatic heterocycles. The first-order valence-electron chi connectivity index (χ1n) is 32.8. The molecule has 0 fully saturated rings. The van der Waals surface area contributed by atoms with E-state index in [0.29, 0.717) is 75.1 Å². The summed E-state index contributed by atoms with van der Waals surface area (Å²) in [5.74, 6) is 1.58. The van der Waals surface area contributed by atoms with Gasteiger partial charge in [0, 0.05) is 25.7 Å². The second-order valence-electron chi connectivity index (χ2n) is 20.8. The van der Waals surface area contributed by atoms with Gasteiger partial charge in [-0.25, -0.2) is 0 Å². The molecular weight excluding hydrogens is 1370 g/mol. The van der Waals surface area contributed by atoms with Crippen molar-refractivity contribution < 1.29 is 38.1 Å². The van der Waals surface area contributed by atoms with E-state index in [1.807, 2.05) is 0 Å². The number of carbonyl (C=O) groups is 4. The first-order valence-corrected chi connectivity index (χ1v) is 35.1. The second kappa shape index (κ2) is 100. The fourth-order valence-electron chi connectivity index (χ4n) is 8.15. The summed E-state index contributed by atoms with van der Waals surface area (Å²) in [6.07, 6.45) is 69.8. The van der Waals surface area contributed by atoms with E-state index >= 15 is 0 Å². The van der Waals surface area contributed by atoms with Crippen LogP contribution >= 0.6 is 13.5 Å². The van der Waals surface area contributed by atoms with E-state index in [-0.39, 0.29) is 100 Å². The molecule has 0 aromatic carbocycles. The van der Waals surface area contributed by atoms with Gasteiger partial charge in [0.15, 0.2) is 0 Å². The maximum Gasteiger partial charge on any atom is 2.00 e. The quantitative estimate of drug-likeness (QED) is 0.0145. The van der Waals surface area contributed by atoms with E-state index in [2.05, 4.69) is 76.3 Å². The molecule has 0 amide bonds. The van der Waals surface area contributed by atoms with E-state index in [1.165, 1.54) is 180 Å². The minimum absolute atomic E-state index is 0. The van der Waals surface area contributed by atoms with Gasteiger partial charge in [0.2, 0.25) is 0 Å². The Hall–Kier alpha value is 0.187. The number of allylic oxidation sites excluding steroid dienone is 8. The van der Waals surface area contributed by atoms with Gasteiger partial charge in [-0.1, -0.05) is 220 Å². The number of carbonyl (C=O) groups excluding carboxylic acids is 4. The van der Waals surface area contributed by atoms with Crippen molar-refractivity contribution in [3.8, 4) is 0 Å². The van der Waals surface area contributed by atoms with Crippen LogP contribution in [0.3, 0.4) is 0 Å². The van der Waals surface area contributed by atoms with E-state index in [1.54, 1.807) is 0 Å². The molecule has 0 aromatic rings. The van der Waals surface area contributed by atoms with Crippen LogP contribution in [0.15, 0.2) is 48.6 Å². The molecule has 0 atom stereocenters. The number of hydrogen-bond acceptors (Lipinski definition) is 12. The Morgan fingerprint density at radius 2 is 0.400 bits per heavy atom. The van der Waals surface area contributed by atoms with E-state index in [4.69, 9.17) is 69.5 Å². The van der Waals surface area contributed by atoms with Gasteiger partial charge in [0.1, 0.15) is 0 Å². The molecule has 0 aliphatic carbocycles. The van der Waals surface area contributed by atoms with Crippen LogP contribution in [-0.2, 0) is 88.6 Å². The van der Waals surface area contributed by atoms with Crippen molar-refractivity contribution in [3.63, 3.8) is 0 Å². The number of ether oxygens (including phenoxy) is 4. The predicted molar refractivity (Wildman–Crippen MR) is 391 cm³/mol. The van der Waals surface area contributed by atoms with E-state index in [9.17, 15) is 19.2 Å². The van der Waals surface area contributed by atoms with Gasteiger partial charge in [0.05, 0.1) is 26.4 Å². The zero-order chi connectivity index (χ0) is 59.6. The summed E-state index contributed by atoms with van der Waals surface area (Å²) < 4.78 is 19.7. The molecule has 85 heavy (non-hydrogen) atoms. The molecule has 0 saturated heterocycles. The first kappa shape index (κ1) is 104. The fourth-order valence-corrected chi connectivity index (χ4v) is 8.48. The summed E-state index contributed by atoms with van der Waals surface area (Å²) in [6.45, 7) is 10.5.